The number of hydrogen-bond acceptors (Lipinski definition) is 4. The molecule has 1 aromatic carbocycles. The maximum absolute atomic E-state index is 12.2. The predicted molar refractivity (Wildman–Crippen MR) is 92.7 cm³/mol. The van der Waals surface area contributed by atoms with E-state index < -0.39 is 0 Å². The van der Waals surface area contributed by atoms with Gasteiger partial charge in [-0.15, -0.1) is 0 Å². The van der Waals surface area contributed by atoms with E-state index in [9.17, 15) is 4.79 Å². The van der Waals surface area contributed by atoms with Crippen molar-refractivity contribution in [3.63, 3.8) is 0 Å². The van der Waals surface area contributed by atoms with Crippen molar-refractivity contribution in [1.29, 1.82) is 0 Å². The second-order valence-electron chi connectivity index (χ2n) is 5.87. The molecule has 1 aliphatic heterocycles. The number of benzene rings is 1. The first kappa shape index (κ1) is 14.8. The summed E-state index contributed by atoms with van der Waals surface area (Å²) in [6, 6.07) is 8.41. The summed E-state index contributed by atoms with van der Waals surface area (Å²) in [5.41, 5.74) is 4.51. The third kappa shape index (κ3) is 2.45. The first-order valence-corrected chi connectivity index (χ1v) is 8.20. The third-order valence-electron chi connectivity index (χ3n) is 4.31. The highest BCUT2D eigenvalue weighted by molar-refractivity contribution is 6.05. The number of nitrogens with zero attached hydrogens (tertiary/aromatic N) is 3. The van der Waals surface area contributed by atoms with E-state index in [1.165, 1.54) is 5.56 Å². The number of hydrogen-bond donors (Lipinski definition) is 2. The molecule has 0 radical (unpaired) electrons. The summed E-state index contributed by atoms with van der Waals surface area (Å²) in [4.78, 5) is 21.1. The summed E-state index contributed by atoms with van der Waals surface area (Å²) in [6.07, 6.45) is 3.33. The smallest absolute Gasteiger partial charge is 0.255 e. The van der Waals surface area contributed by atoms with Crippen molar-refractivity contribution in [2.75, 3.05) is 13.1 Å². The van der Waals surface area contributed by atoms with Gasteiger partial charge in [0.25, 0.3) is 5.91 Å². The summed E-state index contributed by atoms with van der Waals surface area (Å²) in [5, 5.41) is 6.24. The van der Waals surface area contributed by atoms with Gasteiger partial charge in [0.15, 0.2) is 0 Å². The lowest BCUT2D eigenvalue weighted by molar-refractivity contribution is 0.0956. The van der Waals surface area contributed by atoms with E-state index in [1.54, 1.807) is 12.4 Å². The van der Waals surface area contributed by atoms with E-state index >= 15 is 0 Å². The summed E-state index contributed by atoms with van der Waals surface area (Å²) in [7, 11) is 0. The molecule has 0 unspecified atom stereocenters. The van der Waals surface area contributed by atoms with E-state index in [0.717, 1.165) is 35.5 Å². The largest absolute Gasteiger partial charge is 0.350 e. The normalized spacial score (nSPS) is 13.8. The molecule has 0 saturated heterocycles. The lowest BCUT2D eigenvalue weighted by Gasteiger charge is -2.08. The molecule has 1 amide bonds. The molecule has 0 saturated carbocycles. The van der Waals surface area contributed by atoms with Crippen molar-refractivity contribution in [3.8, 4) is 11.4 Å². The molecule has 0 bridgehead atoms. The average molecular weight is 321 g/mol. The summed E-state index contributed by atoms with van der Waals surface area (Å²) < 4.78 is 2.11. The zero-order valence-corrected chi connectivity index (χ0v) is 13.5. The lowest BCUT2D eigenvalue weighted by Crippen LogP contribution is -2.24. The maximum Gasteiger partial charge on any atom is 0.255 e. The van der Waals surface area contributed by atoms with Crippen LogP contribution in [0.4, 0.5) is 0 Å². The monoisotopic (exact) mass is 321 g/mol. The van der Waals surface area contributed by atoms with E-state index in [0.29, 0.717) is 18.7 Å². The van der Waals surface area contributed by atoms with Gasteiger partial charge in [-0.1, -0.05) is 31.2 Å². The van der Waals surface area contributed by atoms with Gasteiger partial charge in [-0.2, -0.15) is 0 Å². The van der Waals surface area contributed by atoms with Gasteiger partial charge < -0.3 is 15.2 Å². The molecule has 24 heavy (non-hydrogen) atoms. The summed E-state index contributed by atoms with van der Waals surface area (Å²) in [6.45, 7) is 5.20. The van der Waals surface area contributed by atoms with Crippen LogP contribution in [0.3, 0.4) is 0 Å². The fourth-order valence-corrected chi connectivity index (χ4v) is 3.11. The SMILES string of the molecule is CCNCc1ccc(-c2nc3cncc4c3n2CCNC4=O)cc1. The number of nitrogens with one attached hydrogen (secondary N) is 2. The molecule has 4 rings (SSSR count). The van der Waals surface area contributed by atoms with Gasteiger partial charge in [-0.05, 0) is 12.1 Å². The van der Waals surface area contributed by atoms with Crippen LogP contribution in [0, 0.1) is 0 Å². The van der Waals surface area contributed by atoms with Crippen molar-refractivity contribution in [3.05, 3.63) is 47.8 Å². The molecule has 3 aromatic rings. The van der Waals surface area contributed by atoms with Crippen LogP contribution >= 0.6 is 0 Å². The lowest BCUT2D eigenvalue weighted by atomic mass is 10.1. The fourth-order valence-electron chi connectivity index (χ4n) is 3.11. The Morgan fingerprint density at radius 2 is 2.08 bits per heavy atom. The topological polar surface area (TPSA) is 71.8 Å². The number of aromatic nitrogens is 3. The van der Waals surface area contributed by atoms with Crippen LogP contribution in [0.2, 0.25) is 0 Å². The van der Waals surface area contributed by atoms with Gasteiger partial charge >= 0.3 is 0 Å². The molecule has 122 valence electrons. The molecule has 6 nitrogen and oxygen atoms in total. The molecule has 0 aliphatic carbocycles. The molecule has 0 atom stereocenters. The van der Waals surface area contributed by atoms with E-state index in [4.69, 9.17) is 4.98 Å². The van der Waals surface area contributed by atoms with Crippen molar-refractivity contribution in [2.45, 2.75) is 20.0 Å². The molecule has 3 heterocycles. The van der Waals surface area contributed by atoms with Crippen molar-refractivity contribution in [1.82, 2.24) is 25.2 Å². The molecular weight excluding hydrogens is 302 g/mol. The Kier molecular flexibility index (Phi) is 3.74. The molecule has 0 fully saturated rings. The molecule has 2 aromatic heterocycles. The van der Waals surface area contributed by atoms with Gasteiger partial charge in [0.05, 0.1) is 17.3 Å². The van der Waals surface area contributed by atoms with Gasteiger partial charge in [-0.25, -0.2) is 4.98 Å². The molecule has 2 N–H and O–H groups in total. The van der Waals surface area contributed by atoms with Gasteiger partial charge in [0, 0.05) is 31.4 Å². The second-order valence-corrected chi connectivity index (χ2v) is 5.87. The van der Waals surface area contributed by atoms with Crippen LogP contribution in [-0.2, 0) is 13.1 Å². The quantitative estimate of drug-likeness (QED) is 0.770. The second kappa shape index (κ2) is 6.05. The number of carbonyl (C=O) groups excluding carboxylic acids is 1. The van der Waals surface area contributed by atoms with Gasteiger partial charge in [0.2, 0.25) is 0 Å². The number of carbonyl (C=O) groups is 1. The van der Waals surface area contributed by atoms with Crippen LogP contribution in [0.1, 0.15) is 22.8 Å². The van der Waals surface area contributed by atoms with Crippen LogP contribution in [0.15, 0.2) is 36.7 Å². The standard InChI is InChI=1S/C18H19N5O/c1-2-19-9-12-3-5-13(6-4-12)17-22-15-11-20-10-14-16(15)23(17)8-7-21-18(14)24/h3-6,10-11,19H,2,7-9H2,1H3,(H,21,24). The van der Waals surface area contributed by atoms with Crippen molar-refractivity contribution >= 4 is 16.9 Å². The highest BCUT2D eigenvalue weighted by atomic mass is 16.1. The average Bonchev–Trinajstić information content (AvgIpc) is 2.90. The molecule has 0 spiro atoms. The Bertz CT molecular complexity index is 898. The van der Waals surface area contributed by atoms with Crippen LogP contribution in [0.25, 0.3) is 22.4 Å². The van der Waals surface area contributed by atoms with E-state index in [-0.39, 0.29) is 5.91 Å². The minimum Gasteiger partial charge on any atom is -0.350 e. The number of amides is 1. The minimum atomic E-state index is -0.0840. The predicted octanol–water partition coefficient (Wildman–Crippen LogP) is 1.95. The zero-order valence-electron chi connectivity index (χ0n) is 13.5. The van der Waals surface area contributed by atoms with E-state index in [2.05, 4.69) is 51.4 Å². The summed E-state index contributed by atoms with van der Waals surface area (Å²) >= 11 is 0. The fraction of sp³-hybridized carbons (Fsp3) is 0.278. The van der Waals surface area contributed by atoms with Crippen LogP contribution < -0.4 is 10.6 Å². The highest BCUT2D eigenvalue weighted by Crippen LogP contribution is 2.27. The van der Waals surface area contributed by atoms with Crippen molar-refractivity contribution < 1.29 is 4.79 Å². The third-order valence-corrected chi connectivity index (χ3v) is 4.31. The van der Waals surface area contributed by atoms with Crippen LogP contribution in [0.5, 0.6) is 0 Å². The minimum absolute atomic E-state index is 0.0840. The molecule has 6 heteroatoms. The van der Waals surface area contributed by atoms with Crippen LogP contribution in [-0.4, -0.2) is 33.5 Å². The summed E-state index contributed by atoms with van der Waals surface area (Å²) in [5.74, 6) is 0.796. The van der Waals surface area contributed by atoms with Gasteiger partial charge in [-0.3, -0.25) is 9.78 Å². The van der Waals surface area contributed by atoms with Crippen molar-refractivity contribution in [2.24, 2.45) is 0 Å². The Morgan fingerprint density at radius 3 is 2.88 bits per heavy atom. The first-order chi connectivity index (χ1) is 11.8. The zero-order chi connectivity index (χ0) is 16.5. The first-order valence-electron chi connectivity index (χ1n) is 8.20. The highest BCUT2D eigenvalue weighted by Gasteiger charge is 2.22. The number of rotatable bonds is 4. The Balaban J connectivity index is 1.81. The maximum atomic E-state index is 12.2. The number of pyridine rings is 1. The Labute approximate surface area is 139 Å². The van der Waals surface area contributed by atoms with Gasteiger partial charge in [0.1, 0.15) is 11.3 Å². The van der Waals surface area contributed by atoms with E-state index in [1.807, 2.05) is 0 Å². The molecular formula is C18H19N5O. The Hall–Kier alpha value is -2.73. The molecule has 1 aliphatic rings. The Morgan fingerprint density at radius 1 is 1.25 bits per heavy atom. The number of imidazole rings is 1.